The Bertz CT molecular complexity index is 241. The topological polar surface area (TPSA) is 20.2 Å². The van der Waals surface area contributed by atoms with Crippen LogP contribution in [0.3, 0.4) is 0 Å². The quantitative estimate of drug-likeness (QED) is 0.460. The monoisotopic (exact) mass is 172 g/mol. The first-order chi connectivity index (χ1) is 4.61. The third-order valence-corrected chi connectivity index (χ3v) is 0.969. The van der Waals surface area contributed by atoms with Gasteiger partial charge in [-0.25, -0.2) is 13.2 Å². The Labute approximate surface area is 83.1 Å². The fourth-order valence-corrected chi connectivity index (χ4v) is 0.542. The maximum atomic E-state index is 12.1. The zero-order valence-corrected chi connectivity index (χ0v) is 4.74. The molecule has 0 saturated heterocycles. The van der Waals surface area contributed by atoms with Crippen LogP contribution >= 0.6 is 0 Å². The number of halogens is 3. The molecule has 0 aromatic heterocycles. The second-order valence-corrected chi connectivity index (χ2v) is 1.72. The van der Waals surface area contributed by atoms with E-state index >= 15 is 0 Å². The molecular formula is C6H4F3NaO. The van der Waals surface area contributed by atoms with Crippen LogP contribution in [0.15, 0.2) is 12.1 Å². The molecule has 0 amide bonds. The van der Waals surface area contributed by atoms with Crippen LogP contribution < -0.4 is 0 Å². The first kappa shape index (κ1) is 10.8. The summed E-state index contributed by atoms with van der Waals surface area (Å²) in [6.07, 6.45) is 0. The van der Waals surface area contributed by atoms with E-state index in [1.807, 2.05) is 0 Å². The van der Waals surface area contributed by atoms with E-state index in [9.17, 15) is 13.2 Å². The molecule has 56 valence electrons. The molecule has 1 N–H and O–H groups in total. The Morgan fingerprint density at radius 2 is 1.36 bits per heavy atom. The van der Waals surface area contributed by atoms with Crippen LogP contribution in [-0.4, -0.2) is 34.7 Å². The summed E-state index contributed by atoms with van der Waals surface area (Å²) in [5, 5.41) is 8.47. The van der Waals surface area contributed by atoms with Crippen molar-refractivity contribution in [2.75, 3.05) is 0 Å². The number of rotatable bonds is 0. The molecule has 5 heteroatoms. The van der Waals surface area contributed by atoms with Crippen molar-refractivity contribution < 1.29 is 18.3 Å². The summed E-state index contributed by atoms with van der Waals surface area (Å²) >= 11 is 0. The van der Waals surface area contributed by atoms with Crippen molar-refractivity contribution in [3.05, 3.63) is 29.6 Å². The Kier molecular flexibility index (Phi) is 3.92. The molecule has 0 unspecified atom stereocenters. The third kappa shape index (κ3) is 2.39. The zero-order valence-electron chi connectivity index (χ0n) is 4.74. The molecule has 0 spiro atoms. The minimum atomic E-state index is -1.57. The Hall–Kier alpha value is -0.190. The maximum absolute atomic E-state index is 12.1. The number of phenols is 1. The average Bonchev–Trinajstić information content (AvgIpc) is 1.82. The Morgan fingerprint density at radius 1 is 1.00 bits per heavy atom. The van der Waals surface area contributed by atoms with E-state index in [0.717, 1.165) is 0 Å². The molecule has 11 heavy (non-hydrogen) atoms. The van der Waals surface area contributed by atoms with Crippen molar-refractivity contribution >= 4 is 29.6 Å². The van der Waals surface area contributed by atoms with Crippen LogP contribution in [0.4, 0.5) is 13.2 Å². The molecule has 1 aromatic carbocycles. The Morgan fingerprint density at radius 3 is 1.73 bits per heavy atom. The van der Waals surface area contributed by atoms with Crippen molar-refractivity contribution in [2.24, 2.45) is 0 Å². The molecule has 0 bridgehead atoms. The van der Waals surface area contributed by atoms with Crippen molar-refractivity contribution in [3.63, 3.8) is 0 Å². The van der Waals surface area contributed by atoms with Crippen LogP contribution in [0.5, 0.6) is 5.75 Å². The van der Waals surface area contributed by atoms with Crippen molar-refractivity contribution in [2.45, 2.75) is 0 Å². The summed E-state index contributed by atoms with van der Waals surface area (Å²) in [4.78, 5) is 0. The molecule has 0 aliphatic carbocycles. The van der Waals surface area contributed by atoms with Crippen LogP contribution in [0.2, 0.25) is 0 Å². The van der Waals surface area contributed by atoms with Gasteiger partial charge >= 0.3 is 29.6 Å². The van der Waals surface area contributed by atoms with E-state index in [2.05, 4.69) is 0 Å². The van der Waals surface area contributed by atoms with Crippen LogP contribution in [0.1, 0.15) is 0 Å². The number of aromatic hydroxyl groups is 1. The van der Waals surface area contributed by atoms with E-state index in [4.69, 9.17) is 5.11 Å². The molecule has 0 radical (unpaired) electrons. The van der Waals surface area contributed by atoms with Gasteiger partial charge < -0.3 is 5.11 Å². The van der Waals surface area contributed by atoms with Gasteiger partial charge in [0.25, 0.3) is 0 Å². The summed E-state index contributed by atoms with van der Waals surface area (Å²) in [5.41, 5.74) is 0. The normalized spacial score (nSPS) is 9.00. The fourth-order valence-electron chi connectivity index (χ4n) is 0.542. The average molecular weight is 172 g/mol. The molecule has 1 rings (SSSR count). The summed E-state index contributed by atoms with van der Waals surface area (Å²) in [6.45, 7) is 0. The second kappa shape index (κ2) is 3.99. The third-order valence-electron chi connectivity index (χ3n) is 0.969. The van der Waals surface area contributed by atoms with Crippen molar-refractivity contribution in [3.8, 4) is 5.75 Å². The summed E-state index contributed by atoms with van der Waals surface area (Å²) in [6, 6.07) is 0.997. The molecule has 0 aliphatic rings. The van der Waals surface area contributed by atoms with Crippen LogP contribution in [0.25, 0.3) is 0 Å². The van der Waals surface area contributed by atoms with Gasteiger partial charge in [-0.3, -0.25) is 0 Å². The van der Waals surface area contributed by atoms with Crippen molar-refractivity contribution in [1.29, 1.82) is 0 Å². The number of benzene rings is 1. The molecule has 1 nitrogen and oxygen atoms in total. The standard InChI is InChI=1S/C6H3F3O.Na.H/c7-4-1-3(10)2-5(8)6(4)9;;/h1-2,10H;;. The van der Waals surface area contributed by atoms with Gasteiger partial charge in [0.1, 0.15) is 5.75 Å². The molecule has 0 fully saturated rings. The van der Waals surface area contributed by atoms with E-state index < -0.39 is 23.2 Å². The van der Waals surface area contributed by atoms with Gasteiger partial charge in [0.2, 0.25) is 0 Å². The summed E-state index contributed by atoms with van der Waals surface area (Å²) in [7, 11) is 0. The van der Waals surface area contributed by atoms with Gasteiger partial charge in [-0.05, 0) is 0 Å². The minimum absolute atomic E-state index is 0. The van der Waals surface area contributed by atoms with Gasteiger partial charge in [0, 0.05) is 12.1 Å². The van der Waals surface area contributed by atoms with Gasteiger partial charge in [-0.1, -0.05) is 0 Å². The SMILES string of the molecule is Oc1cc(F)c(F)c(F)c1.[NaH]. The molecule has 0 heterocycles. The molecule has 0 atom stereocenters. The van der Waals surface area contributed by atoms with Crippen molar-refractivity contribution in [1.82, 2.24) is 0 Å². The van der Waals surface area contributed by atoms with Crippen LogP contribution in [0, 0.1) is 17.5 Å². The van der Waals surface area contributed by atoms with Crippen LogP contribution in [-0.2, 0) is 0 Å². The van der Waals surface area contributed by atoms with E-state index in [1.54, 1.807) is 0 Å². The number of hydrogen-bond donors (Lipinski definition) is 1. The van der Waals surface area contributed by atoms with E-state index in [0.29, 0.717) is 12.1 Å². The van der Waals surface area contributed by atoms with Gasteiger partial charge in [0.15, 0.2) is 17.5 Å². The van der Waals surface area contributed by atoms with Gasteiger partial charge in [-0.15, -0.1) is 0 Å². The molecule has 0 saturated carbocycles. The molecule has 1 aromatic rings. The fraction of sp³-hybridized carbons (Fsp3) is 0. The molecule has 0 aliphatic heterocycles. The van der Waals surface area contributed by atoms with E-state index in [-0.39, 0.29) is 29.6 Å². The summed E-state index contributed by atoms with van der Waals surface area (Å²) < 4.78 is 36.2. The van der Waals surface area contributed by atoms with E-state index in [1.165, 1.54) is 0 Å². The summed E-state index contributed by atoms with van der Waals surface area (Å²) in [5.74, 6) is -4.98. The van der Waals surface area contributed by atoms with Gasteiger partial charge in [0.05, 0.1) is 0 Å². The molecular weight excluding hydrogens is 168 g/mol. The second-order valence-electron chi connectivity index (χ2n) is 1.72. The number of phenolic OH excluding ortho intramolecular Hbond substituents is 1. The number of hydrogen-bond acceptors (Lipinski definition) is 1. The first-order valence-corrected chi connectivity index (χ1v) is 2.45. The first-order valence-electron chi connectivity index (χ1n) is 2.45. The predicted molar refractivity (Wildman–Crippen MR) is 35.1 cm³/mol. The predicted octanol–water partition coefficient (Wildman–Crippen LogP) is 1.16. The Balaban J connectivity index is 0.000001000. The zero-order chi connectivity index (χ0) is 7.72. The van der Waals surface area contributed by atoms with Gasteiger partial charge in [-0.2, -0.15) is 0 Å².